The van der Waals surface area contributed by atoms with Gasteiger partial charge in [-0.1, -0.05) is 6.07 Å². The minimum atomic E-state index is -0.481. The Bertz CT molecular complexity index is 727. The summed E-state index contributed by atoms with van der Waals surface area (Å²) in [6.07, 6.45) is -0.253. The number of rotatable bonds is 3. The van der Waals surface area contributed by atoms with Gasteiger partial charge >= 0.3 is 0 Å². The number of benzene rings is 2. The van der Waals surface area contributed by atoms with Crippen LogP contribution in [0.25, 0.3) is 0 Å². The van der Waals surface area contributed by atoms with Crippen LogP contribution in [0.3, 0.4) is 0 Å². The fraction of sp³-hybridized carbons (Fsp3) is 0.294. The second kappa shape index (κ2) is 5.89. The summed E-state index contributed by atoms with van der Waals surface area (Å²) >= 11 is 0. The van der Waals surface area contributed by atoms with Crippen molar-refractivity contribution in [2.75, 3.05) is 14.2 Å². The first-order chi connectivity index (χ1) is 11.0. The number of phenolic OH excluding ortho intramolecular Hbond substituents is 3. The summed E-state index contributed by atoms with van der Waals surface area (Å²) in [5.74, 6) is 0.670. The molecule has 0 unspecified atom stereocenters. The molecule has 23 heavy (non-hydrogen) atoms. The van der Waals surface area contributed by atoms with Crippen LogP contribution in [0.1, 0.15) is 17.2 Å². The third-order valence-electron chi connectivity index (χ3n) is 4.00. The van der Waals surface area contributed by atoms with Crippen LogP contribution in [0.5, 0.6) is 28.7 Å². The molecule has 3 rings (SSSR count). The summed E-state index contributed by atoms with van der Waals surface area (Å²) in [6.45, 7) is 0. The quantitative estimate of drug-likeness (QED) is 0.754. The molecular weight excluding hydrogens is 300 g/mol. The van der Waals surface area contributed by atoms with Gasteiger partial charge in [-0.05, 0) is 17.7 Å². The van der Waals surface area contributed by atoms with Crippen LogP contribution in [-0.2, 0) is 11.2 Å². The summed E-state index contributed by atoms with van der Waals surface area (Å²) in [6, 6.07) is 7.56. The van der Waals surface area contributed by atoms with Crippen LogP contribution in [0.2, 0.25) is 0 Å². The molecule has 1 heterocycles. The van der Waals surface area contributed by atoms with E-state index in [0.717, 1.165) is 5.56 Å². The summed E-state index contributed by atoms with van der Waals surface area (Å²) in [7, 11) is 3.11. The van der Waals surface area contributed by atoms with Gasteiger partial charge in [0.05, 0.1) is 7.11 Å². The lowest BCUT2D eigenvalue weighted by Gasteiger charge is -2.33. The van der Waals surface area contributed by atoms with Crippen molar-refractivity contribution in [3.63, 3.8) is 0 Å². The summed E-state index contributed by atoms with van der Waals surface area (Å²) in [4.78, 5) is 0. The molecule has 0 saturated carbocycles. The van der Waals surface area contributed by atoms with Gasteiger partial charge in [0.25, 0.3) is 0 Å². The van der Waals surface area contributed by atoms with Gasteiger partial charge in [0, 0.05) is 31.2 Å². The van der Waals surface area contributed by atoms with Gasteiger partial charge in [0.2, 0.25) is 0 Å². The number of hydrogen-bond donors (Lipinski definition) is 3. The molecule has 1 aliphatic rings. The Morgan fingerprint density at radius 1 is 1.04 bits per heavy atom. The second-order valence-electron chi connectivity index (χ2n) is 5.39. The largest absolute Gasteiger partial charge is 0.508 e. The first kappa shape index (κ1) is 15.3. The van der Waals surface area contributed by atoms with Crippen molar-refractivity contribution >= 4 is 0 Å². The van der Waals surface area contributed by atoms with E-state index in [4.69, 9.17) is 14.2 Å². The van der Waals surface area contributed by atoms with Gasteiger partial charge in [0.15, 0.2) is 17.6 Å². The van der Waals surface area contributed by atoms with Crippen molar-refractivity contribution in [1.82, 2.24) is 0 Å². The molecule has 122 valence electrons. The predicted octanol–water partition coefficient (Wildman–Crippen LogP) is 2.50. The molecule has 1 aliphatic heterocycles. The highest BCUT2D eigenvalue weighted by molar-refractivity contribution is 5.52. The lowest BCUT2D eigenvalue weighted by Crippen LogP contribution is -2.32. The average Bonchev–Trinajstić information content (AvgIpc) is 2.55. The molecule has 0 spiro atoms. The first-order valence-electron chi connectivity index (χ1n) is 7.14. The van der Waals surface area contributed by atoms with Crippen LogP contribution in [0.15, 0.2) is 30.3 Å². The first-order valence-corrected chi connectivity index (χ1v) is 7.14. The van der Waals surface area contributed by atoms with Gasteiger partial charge in [-0.3, -0.25) is 0 Å². The fourth-order valence-corrected chi connectivity index (χ4v) is 2.82. The van der Waals surface area contributed by atoms with E-state index in [0.29, 0.717) is 23.5 Å². The normalized spacial score (nSPS) is 19.7. The molecule has 0 amide bonds. The molecule has 6 heteroatoms. The Labute approximate surface area is 133 Å². The number of aromatic hydroxyl groups is 3. The Morgan fingerprint density at radius 3 is 2.48 bits per heavy atom. The Morgan fingerprint density at radius 2 is 1.83 bits per heavy atom. The van der Waals surface area contributed by atoms with Crippen molar-refractivity contribution < 1.29 is 29.5 Å². The van der Waals surface area contributed by atoms with Crippen LogP contribution in [0, 0.1) is 0 Å². The number of methoxy groups -OCH3 is 2. The zero-order chi connectivity index (χ0) is 16.6. The van der Waals surface area contributed by atoms with E-state index in [1.165, 1.54) is 31.4 Å². The predicted molar refractivity (Wildman–Crippen MR) is 82.3 cm³/mol. The average molecular weight is 318 g/mol. The zero-order valence-electron chi connectivity index (χ0n) is 12.8. The molecule has 2 aromatic rings. The van der Waals surface area contributed by atoms with E-state index in [9.17, 15) is 15.3 Å². The lowest BCUT2D eigenvalue weighted by molar-refractivity contribution is -0.0122. The molecule has 0 bridgehead atoms. The monoisotopic (exact) mass is 318 g/mol. The highest BCUT2D eigenvalue weighted by atomic mass is 16.5. The molecular formula is C17H18O6. The Kier molecular flexibility index (Phi) is 3.92. The Hall–Kier alpha value is -2.60. The SMILES string of the molecule is COc1cc(O)cc2c1C[C@@H](OC)[C@@H](c1ccc(O)c(O)c1)O2. The standard InChI is InChI=1S/C17H18O6/c1-21-14-6-10(18)7-15-11(14)8-16(22-2)17(23-15)9-3-4-12(19)13(20)5-9/h3-7,16-20H,8H2,1-2H3/t16-,17-/m1/s1. The molecule has 0 aromatic heterocycles. The molecule has 2 aromatic carbocycles. The van der Waals surface area contributed by atoms with Crippen molar-refractivity contribution in [2.24, 2.45) is 0 Å². The summed E-state index contributed by atoms with van der Waals surface area (Å²) < 4.78 is 16.8. The molecule has 0 aliphatic carbocycles. The lowest BCUT2D eigenvalue weighted by atomic mass is 9.93. The maximum absolute atomic E-state index is 9.80. The zero-order valence-corrected chi connectivity index (χ0v) is 12.8. The topological polar surface area (TPSA) is 88.4 Å². The van der Waals surface area contributed by atoms with Gasteiger partial charge in [-0.15, -0.1) is 0 Å². The van der Waals surface area contributed by atoms with Gasteiger partial charge in [-0.2, -0.15) is 0 Å². The minimum Gasteiger partial charge on any atom is -0.508 e. The maximum atomic E-state index is 9.80. The fourth-order valence-electron chi connectivity index (χ4n) is 2.82. The molecule has 3 N–H and O–H groups in total. The second-order valence-corrected chi connectivity index (χ2v) is 5.39. The van der Waals surface area contributed by atoms with Crippen LogP contribution < -0.4 is 9.47 Å². The highest BCUT2D eigenvalue weighted by Gasteiger charge is 2.34. The van der Waals surface area contributed by atoms with Crippen molar-refractivity contribution in [2.45, 2.75) is 18.6 Å². The minimum absolute atomic E-state index is 0.0452. The summed E-state index contributed by atoms with van der Waals surface area (Å²) in [5, 5.41) is 29.0. The molecule has 0 fully saturated rings. The van der Waals surface area contributed by atoms with E-state index in [2.05, 4.69) is 0 Å². The van der Waals surface area contributed by atoms with Crippen LogP contribution in [0.4, 0.5) is 0 Å². The number of ether oxygens (including phenoxy) is 3. The van der Waals surface area contributed by atoms with Crippen molar-refractivity contribution in [1.29, 1.82) is 0 Å². The van der Waals surface area contributed by atoms with Crippen LogP contribution >= 0.6 is 0 Å². The number of phenols is 3. The highest BCUT2D eigenvalue weighted by Crippen LogP contribution is 2.43. The van der Waals surface area contributed by atoms with E-state index >= 15 is 0 Å². The van der Waals surface area contributed by atoms with E-state index in [1.807, 2.05) is 0 Å². The summed E-state index contributed by atoms with van der Waals surface area (Å²) in [5.41, 5.74) is 1.48. The smallest absolute Gasteiger partial charge is 0.157 e. The molecule has 6 nitrogen and oxygen atoms in total. The van der Waals surface area contributed by atoms with E-state index < -0.39 is 6.10 Å². The van der Waals surface area contributed by atoms with Crippen LogP contribution in [-0.4, -0.2) is 35.6 Å². The van der Waals surface area contributed by atoms with Gasteiger partial charge < -0.3 is 29.5 Å². The molecule has 0 saturated heterocycles. The van der Waals surface area contributed by atoms with Crippen molar-refractivity contribution in [3.05, 3.63) is 41.5 Å². The third kappa shape index (κ3) is 2.73. The third-order valence-corrected chi connectivity index (χ3v) is 4.00. The Balaban J connectivity index is 2.03. The van der Waals surface area contributed by atoms with E-state index in [1.54, 1.807) is 13.2 Å². The van der Waals surface area contributed by atoms with Gasteiger partial charge in [-0.25, -0.2) is 0 Å². The molecule has 2 atom stereocenters. The number of hydrogen-bond acceptors (Lipinski definition) is 6. The maximum Gasteiger partial charge on any atom is 0.157 e. The van der Waals surface area contributed by atoms with Crippen molar-refractivity contribution in [3.8, 4) is 28.7 Å². The van der Waals surface area contributed by atoms with Gasteiger partial charge in [0.1, 0.15) is 23.4 Å². The van der Waals surface area contributed by atoms with E-state index in [-0.39, 0.29) is 23.4 Å². The number of fused-ring (bicyclic) bond motifs is 1. The molecule has 0 radical (unpaired) electrons.